The highest BCUT2D eigenvalue weighted by Gasteiger charge is 2.49. The van der Waals surface area contributed by atoms with Gasteiger partial charge in [0.1, 0.15) is 0 Å². The summed E-state index contributed by atoms with van der Waals surface area (Å²) in [4.78, 5) is 18.8. The van der Waals surface area contributed by atoms with Gasteiger partial charge in [-0.05, 0) is 23.8 Å². The summed E-state index contributed by atoms with van der Waals surface area (Å²) in [6.07, 6.45) is 0.227. The largest absolute Gasteiger partial charge is 0.316 e. The van der Waals surface area contributed by atoms with Crippen LogP contribution >= 0.6 is 27.7 Å². The number of carbonyl (C=O) groups excluding carboxylic acids is 1. The minimum atomic E-state index is -3.07. The summed E-state index contributed by atoms with van der Waals surface area (Å²) in [6.45, 7) is 0. The number of halogens is 1. The Morgan fingerprint density at radius 2 is 1.93 bits per heavy atom. The SMILES string of the molecule is O=C(Cc1ccccc1)N=C1S[C@@H]2CS(=O)(=O)C[C@@H]2N1c1cccc(Br)c1. The van der Waals surface area contributed by atoms with Crippen LogP contribution in [-0.4, -0.2) is 42.3 Å². The zero-order valence-electron chi connectivity index (χ0n) is 14.3. The fraction of sp³-hybridized carbons (Fsp3) is 0.263. The van der Waals surface area contributed by atoms with Gasteiger partial charge >= 0.3 is 0 Å². The molecular formula is C19H17BrN2O3S2. The van der Waals surface area contributed by atoms with E-state index in [2.05, 4.69) is 20.9 Å². The Morgan fingerprint density at radius 3 is 2.67 bits per heavy atom. The van der Waals surface area contributed by atoms with Crippen molar-refractivity contribution in [2.75, 3.05) is 16.4 Å². The first-order chi connectivity index (χ1) is 12.9. The predicted octanol–water partition coefficient (Wildman–Crippen LogP) is 3.29. The zero-order chi connectivity index (χ0) is 19.0. The maximum absolute atomic E-state index is 12.5. The van der Waals surface area contributed by atoms with Crippen molar-refractivity contribution in [2.45, 2.75) is 17.7 Å². The molecule has 0 unspecified atom stereocenters. The number of sulfone groups is 1. The molecule has 0 aliphatic carbocycles. The molecule has 2 aliphatic rings. The molecule has 2 saturated heterocycles. The van der Waals surface area contributed by atoms with Gasteiger partial charge in [0.25, 0.3) is 5.91 Å². The quantitative estimate of drug-likeness (QED) is 0.696. The van der Waals surface area contributed by atoms with E-state index in [4.69, 9.17) is 0 Å². The third kappa shape index (κ3) is 4.12. The van der Waals surface area contributed by atoms with Gasteiger partial charge in [-0.1, -0.05) is 64.1 Å². The summed E-state index contributed by atoms with van der Waals surface area (Å²) in [5, 5.41) is 0.483. The number of fused-ring (bicyclic) bond motifs is 1. The molecule has 0 spiro atoms. The number of amidine groups is 1. The molecule has 2 atom stereocenters. The van der Waals surface area contributed by atoms with Gasteiger partial charge in [0.2, 0.25) is 0 Å². The monoisotopic (exact) mass is 464 g/mol. The van der Waals surface area contributed by atoms with E-state index in [-0.39, 0.29) is 35.1 Å². The molecule has 1 amide bonds. The van der Waals surface area contributed by atoms with E-state index in [9.17, 15) is 13.2 Å². The summed E-state index contributed by atoms with van der Waals surface area (Å²) in [5.74, 6) is -0.0199. The van der Waals surface area contributed by atoms with Crippen LogP contribution in [0.1, 0.15) is 5.56 Å². The third-order valence-corrected chi connectivity index (χ3v) is 8.27. The maximum Gasteiger partial charge on any atom is 0.252 e. The number of hydrogen-bond acceptors (Lipinski definition) is 4. The molecule has 0 radical (unpaired) electrons. The van der Waals surface area contributed by atoms with Gasteiger partial charge in [0, 0.05) is 15.4 Å². The normalized spacial score (nSPS) is 24.9. The Bertz CT molecular complexity index is 1010. The number of hydrogen-bond donors (Lipinski definition) is 0. The van der Waals surface area contributed by atoms with Gasteiger partial charge in [-0.15, -0.1) is 0 Å². The fourth-order valence-corrected chi connectivity index (χ4v) is 7.73. The van der Waals surface area contributed by atoms with Crippen molar-refractivity contribution in [2.24, 2.45) is 4.99 Å². The molecular weight excluding hydrogens is 448 g/mol. The van der Waals surface area contributed by atoms with Crippen molar-refractivity contribution < 1.29 is 13.2 Å². The van der Waals surface area contributed by atoms with Gasteiger partial charge in [-0.3, -0.25) is 4.79 Å². The van der Waals surface area contributed by atoms with Crippen LogP contribution < -0.4 is 4.90 Å². The molecule has 2 heterocycles. The van der Waals surface area contributed by atoms with Crippen LogP contribution in [-0.2, 0) is 21.1 Å². The van der Waals surface area contributed by atoms with E-state index in [0.717, 1.165) is 15.7 Å². The molecule has 4 rings (SSSR count). The average molecular weight is 465 g/mol. The second kappa shape index (κ2) is 7.41. The number of nitrogens with zero attached hydrogens (tertiary/aromatic N) is 2. The molecule has 0 saturated carbocycles. The summed E-state index contributed by atoms with van der Waals surface area (Å²) in [7, 11) is -3.07. The number of thioether (sulfide) groups is 1. The highest BCUT2D eigenvalue weighted by molar-refractivity contribution is 9.10. The molecule has 2 aromatic rings. The Morgan fingerprint density at radius 1 is 1.15 bits per heavy atom. The molecule has 0 N–H and O–H groups in total. The van der Waals surface area contributed by atoms with E-state index in [1.807, 2.05) is 59.5 Å². The molecule has 0 aromatic heterocycles. The van der Waals surface area contributed by atoms with Crippen LogP contribution in [0.4, 0.5) is 5.69 Å². The molecule has 2 aromatic carbocycles. The van der Waals surface area contributed by atoms with Crippen LogP contribution in [0.2, 0.25) is 0 Å². The highest BCUT2D eigenvalue weighted by Crippen LogP contribution is 2.41. The predicted molar refractivity (Wildman–Crippen MR) is 113 cm³/mol. The van der Waals surface area contributed by atoms with E-state index < -0.39 is 9.84 Å². The molecule has 8 heteroatoms. The second-order valence-corrected chi connectivity index (χ2v) is 10.9. The number of carbonyl (C=O) groups is 1. The Kier molecular flexibility index (Phi) is 5.13. The van der Waals surface area contributed by atoms with Crippen molar-refractivity contribution in [3.05, 3.63) is 64.6 Å². The Hall–Kier alpha value is -1.64. The van der Waals surface area contributed by atoms with Crippen LogP contribution in [0.3, 0.4) is 0 Å². The van der Waals surface area contributed by atoms with Gasteiger partial charge in [-0.25, -0.2) is 8.42 Å². The summed E-state index contributed by atoms with van der Waals surface area (Å²) in [6, 6.07) is 16.9. The number of benzene rings is 2. The lowest BCUT2D eigenvalue weighted by atomic mass is 10.1. The van der Waals surface area contributed by atoms with Crippen molar-refractivity contribution in [1.29, 1.82) is 0 Å². The van der Waals surface area contributed by atoms with Crippen LogP contribution in [0, 0.1) is 0 Å². The van der Waals surface area contributed by atoms with E-state index in [1.165, 1.54) is 11.8 Å². The van der Waals surface area contributed by atoms with E-state index in [1.54, 1.807) is 0 Å². The van der Waals surface area contributed by atoms with Gasteiger partial charge < -0.3 is 4.90 Å². The van der Waals surface area contributed by atoms with Crippen molar-refractivity contribution in [3.63, 3.8) is 0 Å². The van der Waals surface area contributed by atoms with Crippen LogP contribution in [0.5, 0.6) is 0 Å². The zero-order valence-corrected chi connectivity index (χ0v) is 17.5. The minimum Gasteiger partial charge on any atom is -0.316 e. The first-order valence-electron chi connectivity index (χ1n) is 8.49. The smallest absolute Gasteiger partial charge is 0.252 e. The summed E-state index contributed by atoms with van der Waals surface area (Å²) >= 11 is 4.85. The number of amides is 1. The molecule has 27 heavy (non-hydrogen) atoms. The number of rotatable bonds is 3. The second-order valence-electron chi connectivity index (χ2n) is 6.60. The van der Waals surface area contributed by atoms with Crippen LogP contribution in [0.15, 0.2) is 64.1 Å². The number of anilines is 1. The van der Waals surface area contributed by atoms with Crippen molar-refractivity contribution in [1.82, 2.24) is 0 Å². The lowest BCUT2D eigenvalue weighted by molar-refractivity contribution is -0.117. The summed E-state index contributed by atoms with van der Waals surface area (Å²) < 4.78 is 25.1. The van der Waals surface area contributed by atoms with E-state index in [0.29, 0.717) is 5.17 Å². The highest BCUT2D eigenvalue weighted by atomic mass is 79.9. The lowest BCUT2D eigenvalue weighted by Gasteiger charge is -2.24. The number of aliphatic imine (C=N–C) groups is 1. The van der Waals surface area contributed by atoms with Crippen LogP contribution in [0.25, 0.3) is 0 Å². The maximum atomic E-state index is 12.5. The molecule has 5 nitrogen and oxygen atoms in total. The fourth-order valence-electron chi connectivity index (χ4n) is 3.41. The molecule has 2 aliphatic heterocycles. The minimum absolute atomic E-state index is 0.0864. The summed E-state index contributed by atoms with van der Waals surface area (Å²) in [5.41, 5.74) is 1.75. The Labute approximate surface area is 170 Å². The first kappa shape index (κ1) is 18.7. The molecule has 2 fully saturated rings. The topological polar surface area (TPSA) is 66.8 Å². The lowest BCUT2D eigenvalue weighted by Crippen LogP contribution is -2.37. The molecule has 140 valence electrons. The Balaban J connectivity index is 1.65. The van der Waals surface area contributed by atoms with Gasteiger partial charge in [0.05, 0.1) is 24.0 Å². The van der Waals surface area contributed by atoms with E-state index >= 15 is 0 Å². The third-order valence-electron chi connectivity index (χ3n) is 4.57. The molecule has 0 bridgehead atoms. The van der Waals surface area contributed by atoms with Crippen molar-refractivity contribution in [3.8, 4) is 0 Å². The van der Waals surface area contributed by atoms with Crippen molar-refractivity contribution >= 4 is 54.3 Å². The first-order valence-corrected chi connectivity index (χ1v) is 12.0. The standard InChI is InChI=1S/C19H17BrN2O3S2/c20-14-7-4-8-15(10-14)22-16-11-27(24,25)12-17(16)26-19(22)21-18(23)9-13-5-2-1-3-6-13/h1-8,10,16-17H,9,11-12H2/t16-,17+/m0/s1. The van der Waals surface area contributed by atoms with Gasteiger partial charge in [-0.2, -0.15) is 4.99 Å². The average Bonchev–Trinajstić information content (AvgIpc) is 3.06. The van der Waals surface area contributed by atoms with Gasteiger partial charge in [0.15, 0.2) is 15.0 Å².